The summed E-state index contributed by atoms with van der Waals surface area (Å²) in [6.45, 7) is 2.17. The van der Waals surface area contributed by atoms with Crippen LogP contribution in [-0.4, -0.2) is 60.6 Å². The molecular formula is C33H41N3O5. The Morgan fingerprint density at radius 2 is 1.76 bits per heavy atom. The van der Waals surface area contributed by atoms with Gasteiger partial charge >= 0.3 is 5.97 Å². The summed E-state index contributed by atoms with van der Waals surface area (Å²) in [7, 11) is 1.61. The minimum absolute atomic E-state index is 0.138. The van der Waals surface area contributed by atoms with E-state index in [1.165, 1.54) is 0 Å². The fraction of sp³-hybridized carbons (Fsp3) is 0.485. The van der Waals surface area contributed by atoms with E-state index < -0.39 is 29.2 Å². The number of nitrogens with zero attached hydrogens (tertiary/aromatic N) is 1. The maximum atomic E-state index is 14.0. The van der Waals surface area contributed by atoms with Crippen LogP contribution < -0.4 is 11.1 Å². The summed E-state index contributed by atoms with van der Waals surface area (Å²) in [6, 6.07) is 16.6. The van der Waals surface area contributed by atoms with Crippen molar-refractivity contribution in [3.63, 3.8) is 0 Å². The van der Waals surface area contributed by atoms with E-state index in [0.29, 0.717) is 12.8 Å². The van der Waals surface area contributed by atoms with Gasteiger partial charge in [0.2, 0.25) is 11.8 Å². The number of carbonyl (C=O) groups is 3. The van der Waals surface area contributed by atoms with Crippen LogP contribution >= 0.6 is 0 Å². The van der Waals surface area contributed by atoms with Crippen LogP contribution in [0.15, 0.2) is 66.7 Å². The van der Waals surface area contributed by atoms with Gasteiger partial charge in [0, 0.05) is 19.4 Å². The molecule has 5 rings (SSSR count). The van der Waals surface area contributed by atoms with Gasteiger partial charge in [-0.2, -0.15) is 0 Å². The van der Waals surface area contributed by atoms with Crippen molar-refractivity contribution < 1.29 is 23.9 Å². The van der Waals surface area contributed by atoms with E-state index in [1.54, 1.807) is 18.9 Å². The van der Waals surface area contributed by atoms with Gasteiger partial charge in [-0.3, -0.25) is 9.59 Å². The van der Waals surface area contributed by atoms with Gasteiger partial charge in [0.1, 0.15) is 17.2 Å². The molecule has 1 aliphatic carbocycles. The predicted octanol–water partition coefficient (Wildman–Crippen LogP) is 4.08. The van der Waals surface area contributed by atoms with Crippen LogP contribution in [0.25, 0.3) is 11.1 Å². The quantitative estimate of drug-likeness (QED) is 0.422. The second-order valence-corrected chi connectivity index (χ2v) is 11.5. The Morgan fingerprint density at radius 3 is 2.46 bits per heavy atom. The Labute approximate surface area is 242 Å². The van der Waals surface area contributed by atoms with Crippen molar-refractivity contribution in [1.29, 1.82) is 0 Å². The molecule has 2 aromatic rings. The van der Waals surface area contributed by atoms with Crippen molar-refractivity contribution in [1.82, 2.24) is 10.2 Å². The number of methoxy groups -OCH3 is 1. The highest BCUT2D eigenvalue weighted by atomic mass is 16.5. The Morgan fingerprint density at radius 1 is 1.02 bits per heavy atom. The SMILES string of the molecule is CCOC(=O)[C@@]12C[C@H]1/C=C\CCCCC[C@H](N)C(=O)N1C[C@](OC)(c3ccc(-c4ccccc4)cc3)C[C@H]1C(=O)N2. The number of amides is 2. The van der Waals surface area contributed by atoms with E-state index in [-0.39, 0.29) is 37.3 Å². The maximum Gasteiger partial charge on any atom is 0.332 e. The molecule has 2 aromatic carbocycles. The van der Waals surface area contributed by atoms with Gasteiger partial charge in [-0.05, 0) is 49.3 Å². The van der Waals surface area contributed by atoms with E-state index in [2.05, 4.69) is 23.5 Å². The summed E-state index contributed by atoms with van der Waals surface area (Å²) in [5, 5.41) is 3.02. The Balaban J connectivity index is 1.47. The Bertz CT molecular complexity index is 1280. The number of nitrogens with two attached hydrogens (primary N) is 1. The zero-order valence-corrected chi connectivity index (χ0v) is 24.0. The van der Waals surface area contributed by atoms with Gasteiger partial charge < -0.3 is 25.4 Å². The number of hydrogen-bond acceptors (Lipinski definition) is 6. The van der Waals surface area contributed by atoms with E-state index in [4.69, 9.17) is 15.2 Å². The van der Waals surface area contributed by atoms with Crippen molar-refractivity contribution >= 4 is 17.8 Å². The summed E-state index contributed by atoms with van der Waals surface area (Å²) in [5.74, 6) is -1.23. The first-order valence-corrected chi connectivity index (χ1v) is 14.8. The van der Waals surface area contributed by atoms with Crippen molar-refractivity contribution in [3.05, 3.63) is 72.3 Å². The molecule has 0 aromatic heterocycles. The number of esters is 1. The van der Waals surface area contributed by atoms with Gasteiger partial charge in [0.25, 0.3) is 0 Å². The molecule has 2 heterocycles. The first-order chi connectivity index (χ1) is 19.8. The molecule has 2 fully saturated rings. The van der Waals surface area contributed by atoms with Crippen molar-refractivity contribution in [2.75, 3.05) is 20.3 Å². The number of fused-ring (bicyclic) bond motifs is 2. The molecule has 8 heteroatoms. The number of allylic oxidation sites excluding steroid dienone is 1. The van der Waals surface area contributed by atoms with E-state index in [1.807, 2.05) is 48.5 Å². The van der Waals surface area contributed by atoms with Crippen LogP contribution in [0.5, 0.6) is 0 Å². The fourth-order valence-electron chi connectivity index (χ4n) is 6.32. The molecule has 8 nitrogen and oxygen atoms in total. The monoisotopic (exact) mass is 559 g/mol. The summed E-state index contributed by atoms with van der Waals surface area (Å²) >= 11 is 0. The third-order valence-corrected chi connectivity index (χ3v) is 8.89. The number of nitrogens with one attached hydrogen (secondary N) is 1. The van der Waals surface area contributed by atoms with Crippen LogP contribution in [0.1, 0.15) is 57.4 Å². The molecule has 0 bridgehead atoms. The summed E-state index contributed by atoms with van der Waals surface area (Å²) < 4.78 is 11.5. The van der Waals surface area contributed by atoms with Crippen LogP contribution in [-0.2, 0) is 29.5 Å². The zero-order valence-electron chi connectivity index (χ0n) is 24.0. The lowest BCUT2D eigenvalue weighted by atomic mass is 9.89. The van der Waals surface area contributed by atoms with Crippen LogP contribution in [0.2, 0.25) is 0 Å². The molecule has 1 saturated heterocycles. The molecule has 0 unspecified atom stereocenters. The van der Waals surface area contributed by atoms with Gasteiger partial charge in [-0.1, -0.05) is 79.6 Å². The number of rotatable bonds is 5. The highest BCUT2D eigenvalue weighted by Crippen LogP contribution is 2.47. The maximum absolute atomic E-state index is 14.0. The second kappa shape index (κ2) is 12.2. The molecule has 218 valence electrons. The third kappa shape index (κ3) is 5.81. The average molecular weight is 560 g/mol. The highest BCUT2D eigenvalue weighted by Gasteiger charge is 2.62. The normalized spacial score (nSPS) is 31.2. The largest absolute Gasteiger partial charge is 0.464 e. The Hall–Kier alpha value is -3.49. The lowest BCUT2D eigenvalue weighted by Crippen LogP contribution is -2.55. The second-order valence-electron chi connectivity index (χ2n) is 11.5. The molecule has 2 amide bonds. The average Bonchev–Trinajstić information content (AvgIpc) is 3.54. The van der Waals surface area contributed by atoms with Crippen molar-refractivity contribution in [3.8, 4) is 11.1 Å². The molecule has 3 aliphatic rings. The minimum atomic E-state index is -1.11. The minimum Gasteiger partial charge on any atom is -0.464 e. The molecule has 2 aliphatic heterocycles. The van der Waals surface area contributed by atoms with Gasteiger partial charge in [-0.15, -0.1) is 0 Å². The van der Waals surface area contributed by atoms with Gasteiger partial charge in [0.15, 0.2) is 0 Å². The van der Waals surface area contributed by atoms with Gasteiger partial charge in [0.05, 0.1) is 19.2 Å². The molecular weight excluding hydrogens is 518 g/mol. The standard InChI is InChI=1S/C33H41N3O5/c1-3-41-31(39)33-20-26(33)14-10-5-4-6-11-15-27(34)30(38)36-22-32(40-2,21-28(36)29(37)35-33)25-18-16-24(17-19-25)23-12-8-7-9-13-23/h7-10,12-14,16-19,26-28H,3-6,11,15,20-22,34H2,1-2H3,(H,35,37)/b14-10-/t26-,27+,28+,32+,33-/m1/s1. The van der Waals surface area contributed by atoms with Gasteiger partial charge in [-0.25, -0.2) is 4.79 Å². The molecule has 1 saturated carbocycles. The Kier molecular flexibility index (Phi) is 8.61. The number of carbonyl (C=O) groups excluding carboxylic acids is 3. The van der Waals surface area contributed by atoms with E-state index in [0.717, 1.165) is 42.4 Å². The first-order valence-electron chi connectivity index (χ1n) is 14.8. The van der Waals surface area contributed by atoms with E-state index >= 15 is 0 Å². The smallest absolute Gasteiger partial charge is 0.332 e. The van der Waals surface area contributed by atoms with Crippen LogP contribution in [0.3, 0.4) is 0 Å². The molecule has 5 atom stereocenters. The van der Waals surface area contributed by atoms with Crippen molar-refractivity contribution in [2.45, 2.75) is 75.1 Å². The first kappa shape index (κ1) is 29.0. The number of benzene rings is 2. The van der Waals surface area contributed by atoms with Crippen molar-refractivity contribution in [2.24, 2.45) is 11.7 Å². The highest BCUT2D eigenvalue weighted by molar-refractivity contribution is 5.96. The fourth-order valence-corrected chi connectivity index (χ4v) is 6.32. The van der Waals surface area contributed by atoms with E-state index in [9.17, 15) is 14.4 Å². The van der Waals surface area contributed by atoms with Crippen LogP contribution in [0.4, 0.5) is 0 Å². The number of ether oxygens (including phenoxy) is 2. The zero-order chi connectivity index (χ0) is 29.0. The number of hydrogen-bond donors (Lipinski definition) is 2. The van der Waals surface area contributed by atoms with Crippen LogP contribution in [0, 0.1) is 5.92 Å². The molecule has 0 radical (unpaired) electrons. The molecule has 41 heavy (non-hydrogen) atoms. The predicted molar refractivity (Wildman–Crippen MR) is 156 cm³/mol. The lowest BCUT2D eigenvalue weighted by Gasteiger charge is -2.29. The summed E-state index contributed by atoms with van der Waals surface area (Å²) in [5.41, 5.74) is 7.43. The molecule has 3 N–H and O–H groups in total. The summed E-state index contributed by atoms with van der Waals surface area (Å²) in [6.07, 6.45) is 9.01. The third-order valence-electron chi connectivity index (χ3n) is 8.89. The lowest BCUT2D eigenvalue weighted by molar-refractivity contribution is -0.150. The molecule has 0 spiro atoms. The topological polar surface area (TPSA) is 111 Å². The summed E-state index contributed by atoms with van der Waals surface area (Å²) in [4.78, 5) is 42.4.